The monoisotopic (exact) mass is 477 g/mol. The smallest absolute Gasteiger partial charge is 0.437 e. The number of carbonyl (C=O) groups is 1. The van der Waals surface area contributed by atoms with E-state index >= 15 is 0 Å². The second kappa shape index (κ2) is 10.5. The van der Waals surface area contributed by atoms with E-state index < -0.39 is 23.9 Å². The molecule has 5 nitrogen and oxygen atoms in total. The van der Waals surface area contributed by atoms with Crippen molar-refractivity contribution in [2.24, 2.45) is 0 Å². The van der Waals surface area contributed by atoms with Gasteiger partial charge in [-0.2, -0.15) is 13.2 Å². The number of ether oxygens (including phenoxy) is 2. The van der Waals surface area contributed by atoms with E-state index in [1.807, 2.05) is 38.1 Å². The summed E-state index contributed by atoms with van der Waals surface area (Å²) in [6.07, 6.45) is -3.56. The first-order valence-electron chi connectivity index (χ1n) is 11.5. The number of nitrogens with zero attached hydrogens (tertiary/aromatic N) is 1. The topological polar surface area (TPSA) is 61.6 Å². The van der Waals surface area contributed by atoms with Gasteiger partial charge in [-0.3, -0.25) is 0 Å². The van der Waals surface area contributed by atoms with Crippen molar-refractivity contribution in [3.8, 4) is 5.75 Å². The van der Waals surface area contributed by atoms with Crippen LogP contribution in [0.1, 0.15) is 80.5 Å². The van der Waals surface area contributed by atoms with E-state index in [1.54, 1.807) is 0 Å². The van der Waals surface area contributed by atoms with Gasteiger partial charge in [-0.05, 0) is 36.0 Å². The molecule has 1 aromatic heterocycles. The Morgan fingerprint density at radius 3 is 2.21 bits per heavy atom. The first kappa shape index (κ1) is 25.6. The lowest BCUT2D eigenvalue weighted by atomic mass is 9.97. The maximum absolute atomic E-state index is 13.5. The number of fused-ring (bicyclic) bond motifs is 1. The van der Waals surface area contributed by atoms with Crippen molar-refractivity contribution in [3.05, 3.63) is 58.3 Å². The van der Waals surface area contributed by atoms with Crippen LogP contribution < -0.4 is 4.74 Å². The zero-order valence-corrected chi connectivity index (χ0v) is 20.1. The lowest BCUT2D eigenvalue weighted by Crippen LogP contribution is -2.21. The van der Waals surface area contributed by atoms with Crippen molar-refractivity contribution in [3.63, 3.8) is 0 Å². The number of halogens is 3. The van der Waals surface area contributed by atoms with Crippen LogP contribution in [0.15, 0.2) is 34.9 Å². The molecule has 0 spiro atoms. The van der Waals surface area contributed by atoms with Crippen molar-refractivity contribution >= 4 is 16.9 Å². The summed E-state index contributed by atoms with van der Waals surface area (Å²) in [7, 11) is 1.27. The molecule has 2 aromatic carbocycles. The van der Waals surface area contributed by atoms with Crippen molar-refractivity contribution in [1.82, 2.24) is 5.16 Å². The number of aryl methyl sites for hydroxylation is 2. The Bertz CT molecular complexity index is 1130. The summed E-state index contributed by atoms with van der Waals surface area (Å²) < 4.78 is 57.1. The third-order valence-corrected chi connectivity index (χ3v) is 5.73. The summed E-state index contributed by atoms with van der Waals surface area (Å²) in [5.74, 6) is 0.0656. The molecule has 0 aliphatic carbocycles. The van der Waals surface area contributed by atoms with Gasteiger partial charge >= 0.3 is 12.1 Å². The minimum atomic E-state index is -4.65. The summed E-state index contributed by atoms with van der Waals surface area (Å²) in [4.78, 5) is 12.7. The Labute approximate surface area is 197 Å². The molecule has 1 atom stereocenters. The minimum Gasteiger partial charge on any atom is -0.473 e. The number of aromatic nitrogens is 1. The predicted octanol–water partition coefficient (Wildman–Crippen LogP) is 7.17. The van der Waals surface area contributed by atoms with E-state index in [4.69, 9.17) is 14.0 Å². The summed E-state index contributed by atoms with van der Waals surface area (Å²) in [6, 6.07) is 8.89. The van der Waals surface area contributed by atoms with Crippen LogP contribution in [0.4, 0.5) is 13.2 Å². The van der Waals surface area contributed by atoms with Gasteiger partial charge in [-0.1, -0.05) is 70.0 Å². The summed E-state index contributed by atoms with van der Waals surface area (Å²) in [5.41, 5.74) is 1.71. The van der Waals surface area contributed by atoms with E-state index in [-0.39, 0.29) is 11.0 Å². The average Bonchev–Trinajstić information content (AvgIpc) is 3.23. The first-order chi connectivity index (χ1) is 16.1. The summed E-state index contributed by atoms with van der Waals surface area (Å²) in [6.45, 7) is 7.97. The summed E-state index contributed by atoms with van der Waals surface area (Å²) in [5, 5.41) is 3.22. The maximum atomic E-state index is 13.5. The SMILES string of the molecule is CCCc1cc2c(C(F)(F)F)noc2c(CCC)c1OC(C(=O)OC)c1ccc(C(C)C)cc1. The Balaban J connectivity index is 2.19. The predicted molar refractivity (Wildman–Crippen MR) is 123 cm³/mol. The van der Waals surface area contributed by atoms with Crippen molar-refractivity contribution < 1.29 is 32.0 Å². The maximum Gasteiger partial charge on any atom is 0.437 e. The molecule has 8 heteroatoms. The molecule has 0 bridgehead atoms. The highest BCUT2D eigenvalue weighted by Gasteiger charge is 2.38. The van der Waals surface area contributed by atoms with Crippen molar-refractivity contribution in [2.75, 3.05) is 7.11 Å². The number of esters is 1. The largest absolute Gasteiger partial charge is 0.473 e. The number of benzene rings is 2. The highest BCUT2D eigenvalue weighted by Crippen LogP contribution is 2.42. The van der Waals surface area contributed by atoms with Gasteiger partial charge in [0.15, 0.2) is 11.3 Å². The Morgan fingerprint density at radius 1 is 1.06 bits per heavy atom. The highest BCUT2D eigenvalue weighted by molar-refractivity contribution is 5.87. The van der Waals surface area contributed by atoms with E-state index in [2.05, 4.69) is 19.0 Å². The molecular weight excluding hydrogens is 447 g/mol. The van der Waals surface area contributed by atoms with Gasteiger partial charge in [0.05, 0.1) is 12.5 Å². The van der Waals surface area contributed by atoms with Crippen molar-refractivity contribution in [1.29, 1.82) is 0 Å². The normalized spacial score (nSPS) is 12.9. The molecule has 1 heterocycles. The zero-order valence-electron chi connectivity index (χ0n) is 20.1. The van der Waals surface area contributed by atoms with Crippen molar-refractivity contribution in [2.45, 2.75) is 71.6 Å². The van der Waals surface area contributed by atoms with Crippen LogP contribution >= 0.6 is 0 Å². The van der Waals surface area contributed by atoms with Gasteiger partial charge < -0.3 is 14.0 Å². The van der Waals surface area contributed by atoms with Crippen LogP contribution in [-0.2, 0) is 28.5 Å². The molecule has 0 saturated heterocycles. The van der Waals surface area contributed by atoms with E-state index in [9.17, 15) is 18.0 Å². The molecule has 0 amide bonds. The Kier molecular flexibility index (Phi) is 7.89. The van der Waals surface area contributed by atoms with E-state index in [0.717, 1.165) is 5.56 Å². The standard InChI is InChI=1S/C26H30F3NO4/c1-6-8-18-14-20-23(34-30-24(20)26(27,28)29)19(9-7-2)21(18)33-22(25(31)32-5)17-12-10-16(11-13-17)15(3)4/h10-15,22H,6-9H2,1-5H3. The van der Waals surface area contributed by atoms with Crippen LogP contribution in [0.25, 0.3) is 11.0 Å². The molecule has 0 saturated carbocycles. The third kappa shape index (κ3) is 5.21. The van der Waals surface area contributed by atoms with Crippen LogP contribution in [0.3, 0.4) is 0 Å². The number of rotatable bonds is 9. The van der Waals surface area contributed by atoms with Crippen LogP contribution in [-0.4, -0.2) is 18.2 Å². The van der Waals surface area contributed by atoms with Gasteiger partial charge in [0, 0.05) is 11.1 Å². The molecule has 3 rings (SSSR count). The van der Waals surface area contributed by atoms with Crippen LogP contribution in [0, 0.1) is 0 Å². The minimum absolute atomic E-state index is 0.0304. The molecule has 0 fully saturated rings. The quantitative estimate of drug-likeness (QED) is 0.306. The van der Waals surface area contributed by atoms with Gasteiger partial charge in [-0.15, -0.1) is 0 Å². The second-order valence-corrected chi connectivity index (χ2v) is 8.59. The second-order valence-electron chi connectivity index (χ2n) is 8.59. The zero-order chi connectivity index (χ0) is 25.0. The van der Waals surface area contributed by atoms with E-state index in [1.165, 1.54) is 13.2 Å². The molecule has 184 valence electrons. The van der Waals surface area contributed by atoms with Gasteiger partial charge in [-0.25, -0.2) is 4.79 Å². The van der Waals surface area contributed by atoms with Gasteiger partial charge in [0.25, 0.3) is 0 Å². The fraction of sp³-hybridized carbons (Fsp3) is 0.462. The van der Waals surface area contributed by atoms with Gasteiger partial charge in [0.1, 0.15) is 5.75 Å². The molecule has 1 unspecified atom stereocenters. The number of carbonyl (C=O) groups excluding carboxylic acids is 1. The third-order valence-electron chi connectivity index (χ3n) is 5.73. The van der Waals surface area contributed by atoms with Crippen LogP contribution in [0.2, 0.25) is 0 Å². The molecule has 34 heavy (non-hydrogen) atoms. The average molecular weight is 478 g/mol. The fourth-order valence-electron chi connectivity index (χ4n) is 4.00. The Morgan fingerprint density at radius 2 is 1.68 bits per heavy atom. The molecule has 0 N–H and O–H groups in total. The molecule has 0 aliphatic heterocycles. The number of hydrogen-bond acceptors (Lipinski definition) is 5. The lowest BCUT2D eigenvalue weighted by molar-refractivity contribution is -0.149. The number of methoxy groups -OCH3 is 1. The molecule has 0 radical (unpaired) electrons. The highest BCUT2D eigenvalue weighted by atomic mass is 19.4. The van der Waals surface area contributed by atoms with E-state index in [0.29, 0.717) is 54.0 Å². The number of hydrogen-bond donors (Lipinski definition) is 0. The fourth-order valence-corrected chi connectivity index (χ4v) is 4.00. The van der Waals surface area contributed by atoms with Crippen LogP contribution in [0.5, 0.6) is 5.75 Å². The summed E-state index contributed by atoms with van der Waals surface area (Å²) >= 11 is 0. The van der Waals surface area contributed by atoms with Gasteiger partial charge in [0.2, 0.25) is 6.10 Å². The molecule has 0 aliphatic rings. The Hall–Kier alpha value is -3.03. The molecular formula is C26H30F3NO4. The number of alkyl halides is 3. The first-order valence-corrected chi connectivity index (χ1v) is 11.5. The lowest BCUT2D eigenvalue weighted by Gasteiger charge is -2.22. The molecule has 3 aromatic rings.